The normalized spacial score (nSPS) is 12.9. The van der Waals surface area contributed by atoms with Gasteiger partial charge in [0, 0.05) is 6.04 Å². The molecule has 1 unspecified atom stereocenters. The number of nitrogens with one attached hydrogen (secondary N) is 1. The molecule has 1 aromatic rings. The average molecular weight is 261 g/mol. The summed E-state index contributed by atoms with van der Waals surface area (Å²) < 4.78 is 10.9. The van der Waals surface area contributed by atoms with E-state index in [4.69, 9.17) is 9.47 Å². The molecule has 19 heavy (non-hydrogen) atoms. The van der Waals surface area contributed by atoms with Gasteiger partial charge in [0.15, 0.2) is 11.5 Å². The van der Waals surface area contributed by atoms with E-state index >= 15 is 0 Å². The van der Waals surface area contributed by atoms with Gasteiger partial charge in [0.1, 0.15) is 6.61 Å². The fourth-order valence-corrected chi connectivity index (χ4v) is 1.66. The van der Waals surface area contributed by atoms with Crippen LogP contribution in [0.15, 0.2) is 36.4 Å². The Morgan fingerprint density at radius 1 is 1.42 bits per heavy atom. The molecule has 0 amide bonds. The predicted octanol–water partition coefficient (Wildman–Crippen LogP) is 3.27. The van der Waals surface area contributed by atoms with E-state index in [0.717, 1.165) is 17.1 Å². The molecule has 0 heterocycles. The van der Waals surface area contributed by atoms with Gasteiger partial charge in [0.25, 0.3) is 0 Å². The van der Waals surface area contributed by atoms with Crippen molar-refractivity contribution in [1.29, 1.82) is 0 Å². The SMILES string of the molecule is C=CCOc1ccc(/C=C(\C)C(C)NC)cc1OC. The van der Waals surface area contributed by atoms with Gasteiger partial charge in [-0.1, -0.05) is 30.4 Å². The van der Waals surface area contributed by atoms with Crippen LogP contribution < -0.4 is 14.8 Å². The molecule has 0 radical (unpaired) electrons. The second kappa shape index (κ2) is 7.64. The molecule has 1 atom stereocenters. The van der Waals surface area contributed by atoms with Crippen molar-refractivity contribution < 1.29 is 9.47 Å². The van der Waals surface area contributed by atoms with E-state index in [-0.39, 0.29) is 0 Å². The molecule has 104 valence electrons. The summed E-state index contributed by atoms with van der Waals surface area (Å²) in [6, 6.07) is 6.27. The van der Waals surface area contributed by atoms with E-state index < -0.39 is 0 Å². The number of hydrogen-bond donors (Lipinski definition) is 1. The van der Waals surface area contributed by atoms with E-state index in [1.54, 1.807) is 13.2 Å². The Kier molecular flexibility index (Phi) is 6.16. The van der Waals surface area contributed by atoms with Gasteiger partial charge in [-0.3, -0.25) is 0 Å². The van der Waals surface area contributed by atoms with Gasteiger partial charge in [0.05, 0.1) is 7.11 Å². The van der Waals surface area contributed by atoms with Crippen LogP contribution in [0.3, 0.4) is 0 Å². The van der Waals surface area contributed by atoms with Crippen molar-refractivity contribution in [3.05, 3.63) is 42.0 Å². The summed E-state index contributed by atoms with van der Waals surface area (Å²) in [6.45, 7) is 8.34. The maximum Gasteiger partial charge on any atom is 0.161 e. The molecule has 1 aromatic carbocycles. The lowest BCUT2D eigenvalue weighted by Crippen LogP contribution is -2.21. The molecule has 1 N–H and O–H groups in total. The first-order chi connectivity index (χ1) is 9.12. The summed E-state index contributed by atoms with van der Waals surface area (Å²) in [5.41, 5.74) is 2.37. The van der Waals surface area contributed by atoms with E-state index in [0.29, 0.717) is 12.6 Å². The quantitative estimate of drug-likeness (QED) is 0.764. The summed E-state index contributed by atoms with van der Waals surface area (Å²) in [5, 5.41) is 3.22. The zero-order valence-corrected chi connectivity index (χ0v) is 12.2. The Bertz CT molecular complexity index is 452. The standard InChI is InChI=1S/C16H23NO2/c1-6-9-19-15-8-7-14(11-16(15)18-5)10-12(2)13(3)17-4/h6-8,10-11,13,17H,1,9H2,2-5H3/b12-10+. The molecular weight excluding hydrogens is 238 g/mol. The number of benzene rings is 1. The molecule has 0 aliphatic heterocycles. The number of likely N-dealkylation sites (N-methyl/N-ethyl adjacent to an activating group) is 1. The second-order valence-corrected chi connectivity index (χ2v) is 4.41. The first-order valence-electron chi connectivity index (χ1n) is 6.39. The molecule has 1 rings (SSSR count). The summed E-state index contributed by atoms with van der Waals surface area (Å²) in [7, 11) is 3.60. The van der Waals surface area contributed by atoms with Crippen LogP contribution >= 0.6 is 0 Å². The van der Waals surface area contributed by atoms with Crippen LogP contribution in [0, 0.1) is 0 Å². The molecule has 3 nitrogen and oxygen atoms in total. The van der Waals surface area contributed by atoms with E-state index in [1.807, 2.05) is 25.2 Å². The van der Waals surface area contributed by atoms with E-state index in [9.17, 15) is 0 Å². The minimum Gasteiger partial charge on any atom is -0.493 e. The molecule has 0 saturated heterocycles. The van der Waals surface area contributed by atoms with Gasteiger partial charge in [-0.15, -0.1) is 0 Å². The first-order valence-corrected chi connectivity index (χ1v) is 6.39. The lowest BCUT2D eigenvalue weighted by atomic mass is 10.1. The molecular formula is C16H23NO2. The average Bonchev–Trinajstić information content (AvgIpc) is 2.44. The Balaban J connectivity index is 2.96. The fourth-order valence-electron chi connectivity index (χ4n) is 1.66. The van der Waals surface area contributed by atoms with Gasteiger partial charge in [0.2, 0.25) is 0 Å². The van der Waals surface area contributed by atoms with Crippen molar-refractivity contribution >= 4 is 6.08 Å². The maximum absolute atomic E-state index is 5.53. The van der Waals surface area contributed by atoms with Gasteiger partial charge < -0.3 is 14.8 Å². The number of methoxy groups -OCH3 is 1. The highest BCUT2D eigenvalue weighted by molar-refractivity contribution is 5.58. The van der Waals surface area contributed by atoms with Crippen molar-refractivity contribution in [3.8, 4) is 11.5 Å². The van der Waals surface area contributed by atoms with Crippen LogP contribution in [-0.2, 0) is 0 Å². The smallest absolute Gasteiger partial charge is 0.161 e. The Morgan fingerprint density at radius 2 is 2.16 bits per heavy atom. The summed E-state index contributed by atoms with van der Waals surface area (Å²) in [5.74, 6) is 1.47. The molecule has 0 aliphatic carbocycles. The largest absolute Gasteiger partial charge is 0.493 e. The Morgan fingerprint density at radius 3 is 2.74 bits per heavy atom. The summed E-state index contributed by atoms with van der Waals surface area (Å²) >= 11 is 0. The molecule has 3 heteroatoms. The fraction of sp³-hybridized carbons (Fsp3) is 0.375. The maximum atomic E-state index is 5.53. The predicted molar refractivity (Wildman–Crippen MR) is 80.9 cm³/mol. The first kappa shape index (κ1) is 15.3. The third-order valence-electron chi connectivity index (χ3n) is 3.05. The van der Waals surface area contributed by atoms with Gasteiger partial charge in [-0.25, -0.2) is 0 Å². The number of ether oxygens (including phenoxy) is 2. The highest BCUT2D eigenvalue weighted by Crippen LogP contribution is 2.29. The summed E-state index contributed by atoms with van der Waals surface area (Å²) in [6.07, 6.45) is 3.85. The Labute approximate surface area is 115 Å². The number of rotatable bonds is 7. The van der Waals surface area contributed by atoms with Crippen LogP contribution in [0.1, 0.15) is 19.4 Å². The monoisotopic (exact) mass is 261 g/mol. The van der Waals surface area contributed by atoms with Gasteiger partial charge in [-0.05, 0) is 38.6 Å². The van der Waals surface area contributed by atoms with Gasteiger partial charge in [-0.2, -0.15) is 0 Å². The molecule has 0 aliphatic rings. The van der Waals surface area contributed by atoms with Crippen LogP contribution in [-0.4, -0.2) is 26.8 Å². The van der Waals surface area contributed by atoms with E-state index in [2.05, 4.69) is 31.8 Å². The van der Waals surface area contributed by atoms with Crippen molar-refractivity contribution in [2.75, 3.05) is 20.8 Å². The highest BCUT2D eigenvalue weighted by Gasteiger charge is 2.06. The molecule has 0 fully saturated rings. The highest BCUT2D eigenvalue weighted by atomic mass is 16.5. The third kappa shape index (κ3) is 4.45. The second-order valence-electron chi connectivity index (χ2n) is 4.41. The minimum absolute atomic E-state index is 0.350. The molecule has 0 bridgehead atoms. The zero-order valence-electron chi connectivity index (χ0n) is 12.2. The van der Waals surface area contributed by atoms with Crippen molar-refractivity contribution in [2.45, 2.75) is 19.9 Å². The number of hydrogen-bond acceptors (Lipinski definition) is 3. The van der Waals surface area contributed by atoms with Crippen molar-refractivity contribution in [2.24, 2.45) is 0 Å². The molecule has 0 saturated carbocycles. The Hall–Kier alpha value is -1.74. The van der Waals surface area contributed by atoms with E-state index in [1.165, 1.54) is 5.57 Å². The molecule has 0 spiro atoms. The lowest BCUT2D eigenvalue weighted by molar-refractivity contribution is 0.326. The third-order valence-corrected chi connectivity index (χ3v) is 3.05. The summed E-state index contributed by atoms with van der Waals surface area (Å²) in [4.78, 5) is 0. The zero-order chi connectivity index (χ0) is 14.3. The van der Waals surface area contributed by atoms with Crippen molar-refractivity contribution in [1.82, 2.24) is 5.32 Å². The van der Waals surface area contributed by atoms with Crippen LogP contribution in [0.25, 0.3) is 6.08 Å². The van der Waals surface area contributed by atoms with Crippen molar-refractivity contribution in [3.63, 3.8) is 0 Å². The van der Waals surface area contributed by atoms with Crippen LogP contribution in [0.4, 0.5) is 0 Å². The minimum atomic E-state index is 0.350. The van der Waals surface area contributed by atoms with Gasteiger partial charge >= 0.3 is 0 Å². The molecule has 0 aromatic heterocycles. The topological polar surface area (TPSA) is 30.5 Å². The van der Waals surface area contributed by atoms with Crippen LogP contribution in [0.2, 0.25) is 0 Å². The van der Waals surface area contributed by atoms with Crippen LogP contribution in [0.5, 0.6) is 11.5 Å². The lowest BCUT2D eigenvalue weighted by Gasteiger charge is -2.12.